The van der Waals surface area contributed by atoms with Crippen molar-refractivity contribution in [3.8, 4) is 0 Å². The summed E-state index contributed by atoms with van der Waals surface area (Å²) in [5.74, 6) is 1.49. The average molecular weight is 271 g/mol. The third kappa shape index (κ3) is 4.12. The number of benzene rings is 1. The van der Waals surface area contributed by atoms with Crippen LogP contribution in [0.15, 0.2) is 42.6 Å². The molecule has 1 heterocycles. The molecular weight excluding hydrogens is 250 g/mol. The summed E-state index contributed by atoms with van der Waals surface area (Å²) in [4.78, 5) is 10.7. The van der Waals surface area contributed by atoms with Gasteiger partial charge < -0.3 is 15.5 Å². The van der Waals surface area contributed by atoms with E-state index in [0.717, 1.165) is 25.3 Å². The Kier molecular flexibility index (Phi) is 5.17. The maximum atomic E-state index is 4.32. The number of hydrogen-bond acceptors (Lipinski definition) is 5. The van der Waals surface area contributed by atoms with Crippen LogP contribution >= 0.6 is 0 Å². The van der Waals surface area contributed by atoms with Gasteiger partial charge in [-0.3, -0.25) is 0 Å². The van der Waals surface area contributed by atoms with Crippen molar-refractivity contribution in [1.29, 1.82) is 0 Å². The Labute approximate surface area is 120 Å². The fraction of sp³-hybridized carbons (Fsp3) is 0.333. The zero-order chi connectivity index (χ0) is 14.2. The van der Waals surface area contributed by atoms with Gasteiger partial charge in [-0.15, -0.1) is 0 Å². The lowest BCUT2D eigenvalue weighted by Crippen LogP contribution is -2.20. The maximum Gasteiger partial charge on any atom is 0.224 e. The molecule has 0 aliphatic heterocycles. The standard InChI is InChI=1S/C15H21N5/c1-16-15-18-11-9-14(19-15)17-10-6-12-20(2)13-7-4-3-5-8-13/h3-5,7-9,11H,6,10,12H2,1-2H3,(H2,16,17,18,19). The molecule has 1 aromatic heterocycles. The highest BCUT2D eigenvalue weighted by Gasteiger charge is 2.00. The second-order valence-electron chi connectivity index (χ2n) is 4.55. The molecule has 20 heavy (non-hydrogen) atoms. The predicted molar refractivity (Wildman–Crippen MR) is 84.4 cm³/mol. The summed E-state index contributed by atoms with van der Waals surface area (Å²) in [7, 11) is 3.92. The van der Waals surface area contributed by atoms with Crippen molar-refractivity contribution >= 4 is 17.5 Å². The third-order valence-corrected chi connectivity index (χ3v) is 3.05. The van der Waals surface area contributed by atoms with E-state index in [4.69, 9.17) is 0 Å². The zero-order valence-corrected chi connectivity index (χ0v) is 12.0. The van der Waals surface area contributed by atoms with E-state index in [1.807, 2.05) is 19.2 Å². The molecule has 0 unspecified atom stereocenters. The highest BCUT2D eigenvalue weighted by molar-refractivity contribution is 5.45. The molecule has 0 fully saturated rings. The molecule has 0 saturated carbocycles. The van der Waals surface area contributed by atoms with Crippen LogP contribution in [-0.2, 0) is 0 Å². The van der Waals surface area contributed by atoms with Crippen LogP contribution in [-0.4, -0.2) is 37.2 Å². The molecule has 0 bridgehead atoms. The highest BCUT2D eigenvalue weighted by Crippen LogP contribution is 2.11. The van der Waals surface area contributed by atoms with Crippen molar-refractivity contribution < 1.29 is 0 Å². The molecule has 0 aliphatic rings. The number of hydrogen-bond donors (Lipinski definition) is 2. The Morgan fingerprint density at radius 1 is 1.15 bits per heavy atom. The topological polar surface area (TPSA) is 53.1 Å². The van der Waals surface area contributed by atoms with Crippen molar-refractivity contribution in [3.05, 3.63) is 42.6 Å². The largest absolute Gasteiger partial charge is 0.375 e. The van der Waals surface area contributed by atoms with Crippen LogP contribution in [0, 0.1) is 0 Å². The lowest BCUT2D eigenvalue weighted by molar-refractivity contribution is 0.814. The molecule has 0 radical (unpaired) electrons. The van der Waals surface area contributed by atoms with Crippen LogP contribution < -0.4 is 15.5 Å². The number of rotatable bonds is 7. The van der Waals surface area contributed by atoms with E-state index in [2.05, 4.69) is 56.8 Å². The van der Waals surface area contributed by atoms with Crippen molar-refractivity contribution in [2.24, 2.45) is 0 Å². The summed E-state index contributed by atoms with van der Waals surface area (Å²) in [6, 6.07) is 12.3. The Bertz CT molecular complexity index is 515. The van der Waals surface area contributed by atoms with Gasteiger partial charge in [0.25, 0.3) is 0 Å². The van der Waals surface area contributed by atoms with Crippen LogP contribution in [0.2, 0.25) is 0 Å². The quantitative estimate of drug-likeness (QED) is 0.758. The van der Waals surface area contributed by atoms with E-state index in [9.17, 15) is 0 Å². The molecule has 5 nitrogen and oxygen atoms in total. The van der Waals surface area contributed by atoms with Crippen LogP contribution in [0.5, 0.6) is 0 Å². The van der Waals surface area contributed by atoms with E-state index in [1.165, 1.54) is 5.69 Å². The Balaban J connectivity index is 1.73. The molecule has 0 aliphatic carbocycles. The van der Waals surface area contributed by atoms with Crippen molar-refractivity contribution in [3.63, 3.8) is 0 Å². The number of para-hydroxylation sites is 1. The molecule has 0 saturated heterocycles. The lowest BCUT2D eigenvalue weighted by atomic mass is 10.3. The third-order valence-electron chi connectivity index (χ3n) is 3.05. The normalized spacial score (nSPS) is 10.1. The number of nitrogens with zero attached hydrogens (tertiary/aromatic N) is 3. The molecule has 5 heteroatoms. The van der Waals surface area contributed by atoms with Gasteiger partial charge in [0.1, 0.15) is 5.82 Å². The van der Waals surface area contributed by atoms with E-state index >= 15 is 0 Å². The van der Waals surface area contributed by atoms with Gasteiger partial charge in [0, 0.05) is 39.1 Å². The van der Waals surface area contributed by atoms with E-state index < -0.39 is 0 Å². The molecule has 1 aromatic carbocycles. The first-order valence-corrected chi connectivity index (χ1v) is 6.80. The molecule has 2 N–H and O–H groups in total. The van der Waals surface area contributed by atoms with Gasteiger partial charge in [0.05, 0.1) is 0 Å². The minimum atomic E-state index is 0.636. The van der Waals surface area contributed by atoms with E-state index in [0.29, 0.717) is 5.95 Å². The summed E-state index contributed by atoms with van der Waals surface area (Å²) in [5, 5.41) is 6.24. The number of anilines is 3. The molecule has 0 atom stereocenters. The molecular formula is C15H21N5. The minimum absolute atomic E-state index is 0.636. The monoisotopic (exact) mass is 271 g/mol. The fourth-order valence-corrected chi connectivity index (χ4v) is 1.92. The molecule has 0 spiro atoms. The molecule has 2 aromatic rings. The molecule has 0 amide bonds. The Hall–Kier alpha value is -2.30. The van der Waals surface area contributed by atoms with E-state index in [1.54, 1.807) is 6.20 Å². The predicted octanol–water partition coefficient (Wildman–Crippen LogP) is 2.46. The van der Waals surface area contributed by atoms with Gasteiger partial charge >= 0.3 is 0 Å². The second kappa shape index (κ2) is 7.33. The van der Waals surface area contributed by atoms with Gasteiger partial charge in [-0.2, -0.15) is 4.98 Å². The van der Waals surface area contributed by atoms with Crippen molar-refractivity contribution in [1.82, 2.24) is 9.97 Å². The number of aromatic nitrogens is 2. The first-order chi connectivity index (χ1) is 9.79. The molecule has 2 rings (SSSR count). The van der Waals surface area contributed by atoms with Crippen molar-refractivity contribution in [2.45, 2.75) is 6.42 Å². The Morgan fingerprint density at radius 3 is 2.70 bits per heavy atom. The van der Waals surface area contributed by atoms with Crippen molar-refractivity contribution in [2.75, 3.05) is 42.7 Å². The zero-order valence-electron chi connectivity index (χ0n) is 12.0. The van der Waals surface area contributed by atoms with Crippen LogP contribution in [0.4, 0.5) is 17.5 Å². The smallest absolute Gasteiger partial charge is 0.224 e. The highest BCUT2D eigenvalue weighted by atomic mass is 15.1. The van der Waals surface area contributed by atoms with Crippen LogP contribution in [0.3, 0.4) is 0 Å². The maximum absolute atomic E-state index is 4.32. The summed E-state index contributed by atoms with van der Waals surface area (Å²) < 4.78 is 0. The lowest BCUT2D eigenvalue weighted by Gasteiger charge is -2.19. The second-order valence-corrected chi connectivity index (χ2v) is 4.55. The summed E-state index contributed by atoms with van der Waals surface area (Å²) >= 11 is 0. The van der Waals surface area contributed by atoms with Gasteiger partial charge in [-0.05, 0) is 24.6 Å². The van der Waals surface area contributed by atoms with E-state index in [-0.39, 0.29) is 0 Å². The first-order valence-electron chi connectivity index (χ1n) is 6.80. The minimum Gasteiger partial charge on any atom is -0.375 e. The SMILES string of the molecule is CNc1nccc(NCCCN(C)c2ccccc2)n1. The average Bonchev–Trinajstić information content (AvgIpc) is 2.52. The van der Waals surface area contributed by atoms with Crippen LogP contribution in [0.25, 0.3) is 0 Å². The summed E-state index contributed by atoms with van der Waals surface area (Å²) in [5.41, 5.74) is 1.24. The summed E-state index contributed by atoms with van der Waals surface area (Å²) in [6.07, 6.45) is 2.79. The number of nitrogens with one attached hydrogen (secondary N) is 2. The molecule has 106 valence electrons. The Morgan fingerprint density at radius 2 is 1.95 bits per heavy atom. The van der Waals surface area contributed by atoms with Gasteiger partial charge in [-0.1, -0.05) is 18.2 Å². The van der Waals surface area contributed by atoms with Gasteiger partial charge in [0.2, 0.25) is 5.95 Å². The first kappa shape index (κ1) is 14.1. The summed E-state index contributed by atoms with van der Waals surface area (Å²) in [6.45, 7) is 1.89. The van der Waals surface area contributed by atoms with Crippen LogP contribution in [0.1, 0.15) is 6.42 Å². The van der Waals surface area contributed by atoms with Gasteiger partial charge in [-0.25, -0.2) is 4.98 Å². The van der Waals surface area contributed by atoms with Gasteiger partial charge in [0.15, 0.2) is 0 Å². The fourth-order valence-electron chi connectivity index (χ4n) is 1.92.